The van der Waals surface area contributed by atoms with Crippen LogP contribution in [-0.2, 0) is 6.54 Å². The lowest BCUT2D eigenvalue weighted by atomic mass is 9.97. The monoisotopic (exact) mass is 506 g/mol. The van der Waals surface area contributed by atoms with Gasteiger partial charge in [-0.2, -0.15) is 5.10 Å². The van der Waals surface area contributed by atoms with Crippen LogP contribution in [0.25, 0.3) is 44.3 Å². The molecule has 4 aromatic heterocycles. The molecule has 0 saturated heterocycles. The van der Waals surface area contributed by atoms with E-state index in [1.54, 1.807) is 30.6 Å². The van der Waals surface area contributed by atoms with Crippen molar-refractivity contribution in [2.45, 2.75) is 6.54 Å². The minimum atomic E-state index is -0.318. The van der Waals surface area contributed by atoms with Crippen molar-refractivity contribution in [3.63, 3.8) is 0 Å². The Balaban J connectivity index is 1.46. The van der Waals surface area contributed by atoms with Gasteiger partial charge in [-0.25, -0.2) is 4.98 Å². The van der Waals surface area contributed by atoms with Crippen molar-refractivity contribution in [3.05, 3.63) is 112 Å². The molecule has 0 aliphatic rings. The third-order valence-corrected chi connectivity index (χ3v) is 6.43. The molecule has 37 heavy (non-hydrogen) atoms. The Kier molecular flexibility index (Phi) is 5.71. The zero-order valence-electron chi connectivity index (χ0n) is 19.3. The van der Waals surface area contributed by atoms with Crippen molar-refractivity contribution < 1.29 is 4.79 Å². The van der Waals surface area contributed by atoms with Gasteiger partial charge in [-0.1, -0.05) is 41.9 Å². The maximum Gasteiger partial charge on any atom is 0.254 e. The van der Waals surface area contributed by atoms with E-state index in [1.807, 2.05) is 48.5 Å². The van der Waals surface area contributed by atoms with E-state index in [1.165, 1.54) is 6.20 Å². The quantitative estimate of drug-likeness (QED) is 0.300. The SMILES string of the molecule is O=C(NCc1cc2cc(-c3cc(Cl)c4[nH]ncc4c3)c(-c3ccccc3)nc2[nH]c1=O)c1cccnc1. The number of aromatic amines is 2. The molecule has 0 saturated carbocycles. The van der Waals surface area contributed by atoms with Crippen LogP contribution in [0.1, 0.15) is 15.9 Å². The molecule has 0 fully saturated rings. The number of hydrogen-bond donors (Lipinski definition) is 3. The Morgan fingerprint density at radius 3 is 2.62 bits per heavy atom. The number of pyridine rings is 3. The first-order valence-corrected chi connectivity index (χ1v) is 11.9. The maximum absolute atomic E-state index is 12.9. The Labute approximate surface area is 215 Å². The fourth-order valence-electron chi connectivity index (χ4n) is 4.29. The van der Waals surface area contributed by atoms with Crippen molar-refractivity contribution in [2.75, 3.05) is 0 Å². The number of carbonyl (C=O) groups is 1. The Morgan fingerprint density at radius 1 is 0.946 bits per heavy atom. The van der Waals surface area contributed by atoms with Gasteiger partial charge in [0, 0.05) is 46.4 Å². The van der Waals surface area contributed by atoms with Gasteiger partial charge in [0.25, 0.3) is 11.5 Å². The summed E-state index contributed by atoms with van der Waals surface area (Å²) in [6.45, 7) is 0.0571. The van der Waals surface area contributed by atoms with E-state index in [-0.39, 0.29) is 18.0 Å². The van der Waals surface area contributed by atoms with Crippen LogP contribution in [0.3, 0.4) is 0 Å². The molecular weight excluding hydrogens is 488 g/mol. The molecule has 0 bridgehead atoms. The Morgan fingerprint density at radius 2 is 1.81 bits per heavy atom. The minimum Gasteiger partial charge on any atom is -0.348 e. The number of halogens is 1. The standard InChI is InChI=1S/C28H19ClN6O2/c29-23-12-18(9-20-15-32-35-25(20)23)22-11-19-10-21(14-31-27(36)17-7-4-8-30-13-17)28(37)34-26(19)33-24(22)16-5-2-1-3-6-16/h1-13,15H,14H2,(H,31,36)(H,32,35)(H,33,34,37). The second-order valence-corrected chi connectivity index (χ2v) is 8.94. The van der Waals surface area contributed by atoms with Crippen molar-refractivity contribution in [1.82, 2.24) is 30.5 Å². The van der Waals surface area contributed by atoms with Gasteiger partial charge in [0.2, 0.25) is 0 Å². The third kappa shape index (κ3) is 4.34. The van der Waals surface area contributed by atoms with Gasteiger partial charge in [-0.3, -0.25) is 19.7 Å². The molecule has 6 aromatic rings. The molecule has 3 N–H and O–H groups in total. The predicted octanol–water partition coefficient (Wildman–Crippen LogP) is 5.11. The number of H-pyrrole nitrogens is 2. The summed E-state index contributed by atoms with van der Waals surface area (Å²) in [6.07, 6.45) is 4.79. The van der Waals surface area contributed by atoms with Crippen molar-refractivity contribution in [3.8, 4) is 22.4 Å². The molecule has 0 unspecified atom stereocenters. The van der Waals surface area contributed by atoms with Gasteiger partial charge in [0.05, 0.1) is 28.0 Å². The van der Waals surface area contributed by atoms with Crippen LogP contribution < -0.4 is 10.9 Å². The number of hydrogen-bond acceptors (Lipinski definition) is 5. The molecule has 4 heterocycles. The summed E-state index contributed by atoms with van der Waals surface area (Å²) in [6, 6.07) is 20.7. The van der Waals surface area contributed by atoms with Crippen LogP contribution in [0, 0.1) is 0 Å². The number of aromatic nitrogens is 5. The van der Waals surface area contributed by atoms with E-state index in [9.17, 15) is 9.59 Å². The van der Waals surface area contributed by atoms with Crippen LogP contribution in [0.2, 0.25) is 5.02 Å². The summed E-state index contributed by atoms with van der Waals surface area (Å²) in [5.41, 5.74) is 5.04. The average Bonchev–Trinajstić information content (AvgIpc) is 3.41. The van der Waals surface area contributed by atoms with E-state index >= 15 is 0 Å². The van der Waals surface area contributed by atoms with Gasteiger partial charge in [0.1, 0.15) is 5.65 Å². The van der Waals surface area contributed by atoms with Gasteiger partial charge in [-0.15, -0.1) is 0 Å². The molecule has 6 rings (SSSR count). The molecule has 8 nitrogen and oxygen atoms in total. The lowest BCUT2D eigenvalue weighted by molar-refractivity contribution is 0.0950. The number of nitrogens with one attached hydrogen (secondary N) is 3. The fraction of sp³-hybridized carbons (Fsp3) is 0.0357. The highest BCUT2D eigenvalue weighted by molar-refractivity contribution is 6.35. The smallest absolute Gasteiger partial charge is 0.254 e. The maximum atomic E-state index is 12.9. The van der Waals surface area contributed by atoms with Crippen molar-refractivity contribution in [1.29, 1.82) is 0 Å². The average molecular weight is 507 g/mol. The Bertz CT molecular complexity index is 1830. The number of benzene rings is 2. The molecular formula is C28H19ClN6O2. The molecule has 9 heteroatoms. The zero-order chi connectivity index (χ0) is 25.4. The highest BCUT2D eigenvalue weighted by Crippen LogP contribution is 2.36. The molecule has 0 radical (unpaired) electrons. The first kappa shape index (κ1) is 22.6. The number of nitrogens with zero attached hydrogens (tertiary/aromatic N) is 3. The van der Waals surface area contributed by atoms with Crippen LogP contribution in [0.5, 0.6) is 0 Å². The summed E-state index contributed by atoms with van der Waals surface area (Å²) in [4.78, 5) is 37.0. The molecule has 1 amide bonds. The lowest BCUT2D eigenvalue weighted by Crippen LogP contribution is -2.26. The molecule has 0 aliphatic heterocycles. The molecule has 0 atom stereocenters. The van der Waals surface area contributed by atoms with Gasteiger partial charge in [0.15, 0.2) is 0 Å². The third-order valence-electron chi connectivity index (χ3n) is 6.13. The summed E-state index contributed by atoms with van der Waals surface area (Å²) in [5.74, 6) is -0.311. The summed E-state index contributed by atoms with van der Waals surface area (Å²) >= 11 is 6.55. The molecule has 0 aliphatic carbocycles. The predicted molar refractivity (Wildman–Crippen MR) is 143 cm³/mol. The van der Waals surface area contributed by atoms with Crippen molar-refractivity contribution in [2.24, 2.45) is 0 Å². The number of rotatable bonds is 5. The van der Waals surface area contributed by atoms with Crippen LogP contribution in [0.4, 0.5) is 0 Å². The number of fused-ring (bicyclic) bond motifs is 2. The van der Waals surface area contributed by atoms with Gasteiger partial charge < -0.3 is 10.3 Å². The van der Waals surface area contributed by atoms with E-state index in [0.717, 1.165) is 33.0 Å². The second kappa shape index (κ2) is 9.33. The van der Waals surface area contributed by atoms with E-state index in [2.05, 4.69) is 25.5 Å². The molecule has 0 spiro atoms. The number of carbonyl (C=O) groups excluding carboxylic acids is 1. The lowest BCUT2D eigenvalue weighted by Gasteiger charge is -2.13. The van der Waals surface area contributed by atoms with E-state index < -0.39 is 0 Å². The van der Waals surface area contributed by atoms with Crippen LogP contribution in [0.15, 0.2) is 90.1 Å². The zero-order valence-corrected chi connectivity index (χ0v) is 20.1. The second-order valence-electron chi connectivity index (χ2n) is 8.53. The molecule has 2 aromatic carbocycles. The topological polar surface area (TPSA) is 116 Å². The minimum absolute atomic E-state index is 0.0571. The Hall–Kier alpha value is -4.82. The van der Waals surface area contributed by atoms with E-state index in [0.29, 0.717) is 27.5 Å². The first-order chi connectivity index (χ1) is 18.1. The van der Waals surface area contributed by atoms with Crippen molar-refractivity contribution >= 4 is 39.4 Å². The summed E-state index contributed by atoms with van der Waals surface area (Å²) in [7, 11) is 0. The van der Waals surface area contributed by atoms with Crippen LogP contribution >= 0.6 is 11.6 Å². The van der Waals surface area contributed by atoms with Crippen LogP contribution in [-0.4, -0.2) is 31.1 Å². The molecule has 180 valence electrons. The summed E-state index contributed by atoms with van der Waals surface area (Å²) in [5, 5.41) is 11.9. The highest BCUT2D eigenvalue weighted by Gasteiger charge is 2.16. The van der Waals surface area contributed by atoms with Gasteiger partial charge >= 0.3 is 0 Å². The fourth-order valence-corrected chi connectivity index (χ4v) is 4.56. The summed E-state index contributed by atoms with van der Waals surface area (Å²) < 4.78 is 0. The first-order valence-electron chi connectivity index (χ1n) is 11.5. The van der Waals surface area contributed by atoms with E-state index in [4.69, 9.17) is 16.6 Å². The van der Waals surface area contributed by atoms with Gasteiger partial charge in [-0.05, 0) is 42.0 Å². The highest BCUT2D eigenvalue weighted by atomic mass is 35.5. The number of amides is 1. The largest absolute Gasteiger partial charge is 0.348 e. The normalized spacial score (nSPS) is 11.2.